The maximum atomic E-state index is 13.9. The van der Waals surface area contributed by atoms with Crippen molar-refractivity contribution < 1.29 is 19.1 Å². The summed E-state index contributed by atoms with van der Waals surface area (Å²) < 4.78 is 6.37. The Bertz CT molecular complexity index is 1200. The first-order valence-corrected chi connectivity index (χ1v) is 10.8. The second-order valence-electron chi connectivity index (χ2n) is 8.13. The van der Waals surface area contributed by atoms with Crippen molar-refractivity contribution >= 4 is 23.5 Å². The summed E-state index contributed by atoms with van der Waals surface area (Å²) in [5, 5.41) is 2.98. The minimum Gasteiger partial charge on any atom is -0.464 e. The molecule has 1 N–H and O–H groups in total. The zero-order valence-corrected chi connectivity index (χ0v) is 18.9. The van der Waals surface area contributed by atoms with Gasteiger partial charge in [-0.15, -0.1) is 0 Å². The average molecular weight is 447 g/mol. The van der Waals surface area contributed by atoms with E-state index in [-0.39, 0.29) is 23.8 Å². The van der Waals surface area contributed by atoms with Gasteiger partial charge in [0, 0.05) is 12.2 Å². The van der Waals surface area contributed by atoms with Gasteiger partial charge >= 0.3 is 5.97 Å². The first-order valence-electron chi connectivity index (χ1n) is 10.8. The number of carbonyl (C=O) groups is 3. The van der Waals surface area contributed by atoms with E-state index in [1.54, 1.807) is 11.5 Å². The third kappa shape index (κ3) is 3.88. The molecule has 0 saturated heterocycles. The quantitative estimate of drug-likeness (QED) is 0.588. The number of imidazole rings is 1. The molecule has 1 aromatic heterocycles. The van der Waals surface area contributed by atoms with Crippen molar-refractivity contribution in [1.82, 2.24) is 14.9 Å². The van der Waals surface area contributed by atoms with Crippen LogP contribution in [0.5, 0.6) is 0 Å². The summed E-state index contributed by atoms with van der Waals surface area (Å²) >= 11 is 0. The predicted octanol–water partition coefficient (Wildman–Crippen LogP) is 2.97. The van der Waals surface area contributed by atoms with E-state index in [1.165, 1.54) is 18.3 Å². The van der Waals surface area contributed by atoms with E-state index < -0.39 is 17.4 Å². The molecular weight excluding hydrogens is 420 g/mol. The maximum Gasteiger partial charge on any atom is 0.359 e. The number of aryl methyl sites for hydroxylation is 1. The molecule has 1 atom stereocenters. The molecular formula is C25H26N4O4. The van der Waals surface area contributed by atoms with Gasteiger partial charge in [0.1, 0.15) is 11.2 Å². The smallest absolute Gasteiger partial charge is 0.359 e. The molecule has 0 bridgehead atoms. The van der Waals surface area contributed by atoms with Gasteiger partial charge in [-0.2, -0.15) is 0 Å². The molecule has 1 aliphatic rings. The van der Waals surface area contributed by atoms with Gasteiger partial charge in [0.25, 0.3) is 5.91 Å². The Morgan fingerprint density at radius 3 is 2.52 bits per heavy atom. The zero-order valence-electron chi connectivity index (χ0n) is 18.9. The van der Waals surface area contributed by atoms with Crippen molar-refractivity contribution in [3.63, 3.8) is 0 Å². The van der Waals surface area contributed by atoms with Crippen LogP contribution in [0.1, 0.15) is 46.0 Å². The first-order chi connectivity index (χ1) is 15.9. The molecule has 2 amide bonds. The number of para-hydroxylation sites is 1. The standard InChI is InChI=1S/C25H26N4O4/c1-4-18-12-8-9-13-19(18)29-22(30)21-20(23(31)33-3)27-16-28(21)15-25(29,2)24(32)26-14-17-10-6-5-7-11-17/h5-13,16H,4,14-15H2,1-3H3,(H,26,32)/t25-/m1/s1. The van der Waals surface area contributed by atoms with Crippen LogP contribution >= 0.6 is 0 Å². The minimum atomic E-state index is -1.25. The van der Waals surface area contributed by atoms with Gasteiger partial charge < -0.3 is 14.6 Å². The number of hydrogen-bond acceptors (Lipinski definition) is 5. The fourth-order valence-electron chi connectivity index (χ4n) is 4.25. The lowest BCUT2D eigenvalue weighted by Crippen LogP contribution is -2.64. The van der Waals surface area contributed by atoms with E-state index in [2.05, 4.69) is 10.3 Å². The number of hydrogen-bond donors (Lipinski definition) is 1. The number of aromatic nitrogens is 2. The van der Waals surface area contributed by atoms with Crippen LogP contribution in [-0.2, 0) is 29.0 Å². The number of nitrogens with zero attached hydrogens (tertiary/aromatic N) is 3. The summed E-state index contributed by atoms with van der Waals surface area (Å²) in [6, 6.07) is 17.1. The second-order valence-corrected chi connectivity index (χ2v) is 8.13. The molecule has 2 heterocycles. The van der Waals surface area contributed by atoms with Crippen LogP contribution in [0.25, 0.3) is 0 Å². The zero-order chi connectivity index (χ0) is 23.6. The molecule has 4 rings (SSSR count). The number of esters is 1. The van der Waals surface area contributed by atoms with E-state index in [0.717, 1.165) is 11.1 Å². The van der Waals surface area contributed by atoms with Crippen molar-refractivity contribution in [3.8, 4) is 0 Å². The lowest BCUT2D eigenvalue weighted by molar-refractivity contribution is -0.126. The molecule has 2 aromatic carbocycles. The topological polar surface area (TPSA) is 93.5 Å². The number of nitrogens with one attached hydrogen (secondary N) is 1. The molecule has 0 spiro atoms. The predicted molar refractivity (Wildman–Crippen MR) is 123 cm³/mol. The van der Waals surface area contributed by atoms with E-state index in [4.69, 9.17) is 4.74 Å². The maximum absolute atomic E-state index is 13.9. The molecule has 1 aliphatic heterocycles. The van der Waals surface area contributed by atoms with Crippen molar-refractivity contribution in [2.45, 2.75) is 38.9 Å². The fraction of sp³-hybridized carbons (Fsp3) is 0.280. The first kappa shape index (κ1) is 22.3. The van der Waals surface area contributed by atoms with E-state index in [1.807, 2.05) is 61.5 Å². The van der Waals surface area contributed by atoms with Crippen LogP contribution in [0.15, 0.2) is 60.9 Å². The van der Waals surface area contributed by atoms with Gasteiger partial charge in [-0.3, -0.25) is 14.5 Å². The third-order valence-corrected chi connectivity index (χ3v) is 5.99. The van der Waals surface area contributed by atoms with Gasteiger partial charge in [0.2, 0.25) is 5.91 Å². The minimum absolute atomic E-state index is 0.0618. The summed E-state index contributed by atoms with van der Waals surface area (Å²) in [7, 11) is 1.24. The van der Waals surface area contributed by atoms with Crippen molar-refractivity contribution in [2.24, 2.45) is 0 Å². The highest BCUT2D eigenvalue weighted by atomic mass is 16.5. The summed E-state index contributed by atoms with van der Waals surface area (Å²) in [6.45, 7) is 4.19. The molecule has 0 saturated carbocycles. The van der Waals surface area contributed by atoms with Gasteiger partial charge in [-0.25, -0.2) is 9.78 Å². The van der Waals surface area contributed by atoms with Gasteiger partial charge in [0.05, 0.1) is 20.0 Å². The van der Waals surface area contributed by atoms with Crippen LogP contribution in [-0.4, -0.2) is 40.0 Å². The number of amides is 2. The molecule has 170 valence electrons. The van der Waals surface area contributed by atoms with E-state index in [0.29, 0.717) is 18.7 Å². The normalized spacial score (nSPS) is 17.4. The monoisotopic (exact) mass is 446 g/mol. The molecule has 33 heavy (non-hydrogen) atoms. The Morgan fingerprint density at radius 2 is 1.82 bits per heavy atom. The Hall–Kier alpha value is -3.94. The van der Waals surface area contributed by atoms with Crippen LogP contribution in [0.4, 0.5) is 5.69 Å². The van der Waals surface area contributed by atoms with Gasteiger partial charge in [0.15, 0.2) is 5.69 Å². The Kier molecular flexibility index (Phi) is 6.00. The van der Waals surface area contributed by atoms with Crippen molar-refractivity contribution in [2.75, 3.05) is 12.0 Å². The lowest BCUT2D eigenvalue weighted by atomic mass is 9.92. The second kappa shape index (κ2) is 8.90. The number of anilines is 1. The molecule has 0 aliphatic carbocycles. The largest absolute Gasteiger partial charge is 0.464 e. The molecule has 3 aromatic rings. The molecule has 0 unspecified atom stereocenters. The highest BCUT2D eigenvalue weighted by molar-refractivity contribution is 6.15. The van der Waals surface area contributed by atoms with Gasteiger partial charge in [-0.1, -0.05) is 55.5 Å². The van der Waals surface area contributed by atoms with E-state index >= 15 is 0 Å². The lowest BCUT2D eigenvalue weighted by Gasteiger charge is -2.44. The van der Waals surface area contributed by atoms with Crippen molar-refractivity contribution in [3.05, 3.63) is 83.4 Å². The molecule has 0 radical (unpaired) electrons. The SMILES string of the molecule is CCc1ccccc1N1C(=O)c2c(C(=O)OC)ncn2C[C@]1(C)C(=O)NCc1ccccc1. The highest BCUT2D eigenvalue weighted by Crippen LogP contribution is 2.36. The number of rotatable bonds is 6. The summed E-state index contributed by atoms with van der Waals surface area (Å²) in [6.07, 6.45) is 2.08. The number of fused-ring (bicyclic) bond motifs is 1. The third-order valence-electron chi connectivity index (χ3n) is 5.99. The van der Waals surface area contributed by atoms with Crippen molar-refractivity contribution in [1.29, 1.82) is 0 Å². The summed E-state index contributed by atoms with van der Waals surface area (Å²) in [4.78, 5) is 45.3. The number of carbonyl (C=O) groups excluding carboxylic acids is 3. The Balaban J connectivity index is 1.79. The Labute approximate surface area is 192 Å². The fourth-order valence-corrected chi connectivity index (χ4v) is 4.25. The van der Waals surface area contributed by atoms with Gasteiger partial charge in [-0.05, 0) is 30.5 Å². The number of methoxy groups -OCH3 is 1. The molecule has 8 nitrogen and oxygen atoms in total. The van der Waals surface area contributed by atoms with Crippen LogP contribution in [0, 0.1) is 0 Å². The molecule has 8 heteroatoms. The van der Waals surface area contributed by atoms with E-state index in [9.17, 15) is 14.4 Å². The van der Waals surface area contributed by atoms with Crippen LogP contribution < -0.4 is 10.2 Å². The molecule has 0 fully saturated rings. The highest BCUT2D eigenvalue weighted by Gasteiger charge is 2.50. The summed E-state index contributed by atoms with van der Waals surface area (Å²) in [5.41, 5.74) is 1.30. The van der Waals surface area contributed by atoms with Crippen LogP contribution in [0.2, 0.25) is 0 Å². The summed E-state index contributed by atoms with van der Waals surface area (Å²) in [5.74, 6) is -1.47. The number of benzene rings is 2. The number of ether oxygens (including phenoxy) is 1. The van der Waals surface area contributed by atoms with Crippen LogP contribution in [0.3, 0.4) is 0 Å². The Morgan fingerprint density at radius 1 is 1.12 bits per heavy atom. The average Bonchev–Trinajstić information content (AvgIpc) is 3.26.